The van der Waals surface area contributed by atoms with Gasteiger partial charge in [-0.2, -0.15) is 0 Å². The highest BCUT2D eigenvalue weighted by atomic mass is 16.7. The molecule has 1 saturated heterocycles. The van der Waals surface area contributed by atoms with Gasteiger partial charge in [0.1, 0.15) is 24.4 Å². The summed E-state index contributed by atoms with van der Waals surface area (Å²) in [6.45, 7) is 3.65. The van der Waals surface area contributed by atoms with E-state index < -0.39 is 49.5 Å². The normalized spacial score (nSPS) is 21.1. The largest absolute Gasteiger partial charge is 0.394 e. The van der Waals surface area contributed by atoms with Crippen molar-refractivity contribution < 1.29 is 39.8 Å². The van der Waals surface area contributed by atoms with Crippen LogP contribution in [-0.4, -0.2) is 87.5 Å². The molecule has 1 fully saturated rings. The number of hydrogen-bond acceptors (Lipinski definition) is 8. The van der Waals surface area contributed by atoms with E-state index in [9.17, 15) is 30.3 Å². The quantitative estimate of drug-likeness (QED) is 0.0264. The van der Waals surface area contributed by atoms with Crippen molar-refractivity contribution >= 4 is 5.91 Å². The number of aliphatic hydroxyl groups is 5. The molecule has 0 saturated carbocycles. The van der Waals surface area contributed by atoms with Gasteiger partial charge >= 0.3 is 0 Å². The third-order valence-electron chi connectivity index (χ3n) is 11.3. The fourth-order valence-electron chi connectivity index (χ4n) is 7.44. The molecule has 1 aliphatic heterocycles. The van der Waals surface area contributed by atoms with Crippen LogP contribution in [0, 0.1) is 0 Å². The number of amides is 1. The van der Waals surface area contributed by atoms with Gasteiger partial charge in [0.25, 0.3) is 0 Å². The Morgan fingerprint density at radius 2 is 1.03 bits per heavy atom. The van der Waals surface area contributed by atoms with E-state index in [0.29, 0.717) is 6.42 Å². The molecule has 348 valence electrons. The van der Waals surface area contributed by atoms with E-state index in [4.69, 9.17) is 9.47 Å². The topological polar surface area (TPSA) is 149 Å². The maximum absolute atomic E-state index is 13.0. The lowest BCUT2D eigenvalue weighted by Crippen LogP contribution is -2.60. The monoisotopic (exact) mass is 846 g/mol. The number of ether oxygens (including phenoxy) is 2. The molecule has 9 nitrogen and oxygen atoms in total. The van der Waals surface area contributed by atoms with Crippen LogP contribution in [-0.2, 0) is 14.3 Å². The van der Waals surface area contributed by atoms with Crippen molar-refractivity contribution in [3.8, 4) is 0 Å². The minimum absolute atomic E-state index is 0.193. The number of nitrogens with one attached hydrogen (secondary N) is 1. The van der Waals surface area contributed by atoms with E-state index in [1.165, 1.54) is 96.3 Å². The van der Waals surface area contributed by atoms with Crippen molar-refractivity contribution in [2.75, 3.05) is 13.2 Å². The highest BCUT2D eigenvalue weighted by Crippen LogP contribution is 2.23. The zero-order valence-electron chi connectivity index (χ0n) is 38.2. The molecule has 6 N–H and O–H groups in total. The Morgan fingerprint density at radius 3 is 1.53 bits per heavy atom. The minimum Gasteiger partial charge on any atom is -0.394 e. The fraction of sp³-hybridized carbons (Fsp3) is 0.784. The standard InChI is InChI=1S/C51H91NO8/c1-3-5-7-9-11-13-15-17-19-21-23-25-27-29-31-33-35-37-39-41-47(55)52-44(43-59-51-50(58)49(57)48(56)46(42-53)60-51)45(54)40-38-36-34-32-30-28-26-24-22-20-18-16-14-12-10-8-6-4-2/h5,7,11,13,17,19,23,25,38,40,44-46,48-51,53-54,56-58H,3-4,6,8-10,12,14-16,18,20-22,24,26-37,39,41-43H2,1-2H3,(H,52,55)/b7-5-,13-11-,19-17-,25-23-,40-38+. The number of unbranched alkanes of at least 4 members (excludes halogenated alkanes) is 22. The SMILES string of the molecule is CC/C=C\C/C=C\C/C=C\C/C=C\CCCCCCCCC(=O)NC(COC1OC(CO)C(O)C(O)C1O)C(O)/C=C/CCCCCCCCCCCCCCCCCC. The van der Waals surface area contributed by atoms with Crippen LogP contribution in [0.4, 0.5) is 0 Å². The average molecular weight is 846 g/mol. The zero-order valence-corrected chi connectivity index (χ0v) is 38.2. The smallest absolute Gasteiger partial charge is 0.220 e. The summed E-state index contributed by atoms with van der Waals surface area (Å²) in [7, 11) is 0. The Labute approximate surface area is 366 Å². The van der Waals surface area contributed by atoms with Crippen LogP contribution in [0.25, 0.3) is 0 Å². The summed E-state index contributed by atoms with van der Waals surface area (Å²) < 4.78 is 11.2. The summed E-state index contributed by atoms with van der Waals surface area (Å²) in [5.41, 5.74) is 0. The third-order valence-corrected chi connectivity index (χ3v) is 11.3. The molecular formula is C51H91NO8. The van der Waals surface area contributed by atoms with Crippen molar-refractivity contribution in [3.05, 3.63) is 60.8 Å². The minimum atomic E-state index is -1.57. The lowest BCUT2D eigenvalue weighted by atomic mass is 9.99. The van der Waals surface area contributed by atoms with E-state index >= 15 is 0 Å². The van der Waals surface area contributed by atoms with Crippen LogP contribution in [0.1, 0.15) is 200 Å². The van der Waals surface area contributed by atoms with Gasteiger partial charge < -0.3 is 40.3 Å². The predicted octanol–water partition coefficient (Wildman–Crippen LogP) is 10.8. The van der Waals surface area contributed by atoms with Crippen LogP contribution in [0.2, 0.25) is 0 Å². The Balaban J connectivity index is 2.34. The van der Waals surface area contributed by atoms with Gasteiger partial charge in [-0.25, -0.2) is 0 Å². The van der Waals surface area contributed by atoms with Crippen LogP contribution in [0.15, 0.2) is 60.8 Å². The summed E-state index contributed by atoms with van der Waals surface area (Å²) >= 11 is 0. The van der Waals surface area contributed by atoms with Crippen LogP contribution >= 0.6 is 0 Å². The first-order valence-electron chi connectivity index (χ1n) is 24.5. The number of carbonyl (C=O) groups is 1. The van der Waals surface area contributed by atoms with E-state index in [-0.39, 0.29) is 12.5 Å². The van der Waals surface area contributed by atoms with E-state index in [0.717, 1.165) is 83.5 Å². The second-order valence-electron chi connectivity index (χ2n) is 16.9. The Morgan fingerprint density at radius 1 is 0.583 bits per heavy atom. The third kappa shape index (κ3) is 30.8. The van der Waals surface area contributed by atoms with Crippen molar-refractivity contribution in [1.82, 2.24) is 5.32 Å². The molecule has 0 spiro atoms. The fourth-order valence-corrected chi connectivity index (χ4v) is 7.44. The molecular weight excluding hydrogens is 755 g/mol. The zero-order chi connectivity index (χ0) is 43.7. The van der Waals surface area contributed by atoms with Crippen molar-refractivity contribution in [2.45, 2.75) is 243 Å². The molecule has 0 aliphatic carbocycles. The van der Waals surface area contributed by atoms with Gasteiger partial charge in [0.2, 0.25) is 5.91 Å². The first-order chi connectivity index (χ1) is 29.3. The summed E-state index contributed by atoms with van der Waals surface area (Å²) in [5.74, 6) is -0.193. The molecule has 1 aliphatic rings. The van der Waals surface area contributed by atoms with Crippen LogP contribution in [0.5, 0.6) is 0 Å². The highest BCUT2D eigenvalue weighted by Gasteiger charge is 2.44. The number of aliphatic hydroxyl groups excluding tert-OH is 5. The van der Waals surface area contributed by atoms with Gasteiger partial charge in [-0.15, -0.1) is 0 Å². The number of rotatable bonds is 40. The molecule has 9 heteroatoms. The van der Waals surface area contributed by atoms with Gasteiger partial charge in [-0.3, -0.25) is 4.79 Å². The van der Waals surface area contributed by atoms with Crippen LogP contribution < -0.4 is 5.32 Å². The first kappa shape index (κ1) is 55.9. The van der Waals surface area contributed by atoms with E-state index in [1.807, 2.05) is 6.08 Å². The lowest BCUT2D eigenvalue weighted by molar-refractivity contribution is -0.302. The second kappa shape index (κ2) is 40.9. The Hall–Kier alpha value is -2.11. The molecule has 7 atom stereocenters. The highest BCUT2D eigenvalue weighted by molar-refractivity contribution is 5.76. The molecule has 1 rings (SSSR count). The Kier molecular flexibility index (Phi) is 38.1. The van der Waals surface area contributed by atoms with Crippen molar-refractivity contribution in [1.29, 1.82) is 0 Å². The molecule has 0 aromatic rings. The van der Waals surface area contributed by atoms with E-state index in [2.05, 4.69) is 67.8 Å². The van der Waals surface area contributed by atoms with Gasteiger partial charge in [-0.1, -0.05) is 197 Å². The molecule has 1 amide bonds. The summed E-state index contributed by atoms with van der Waals surface area (Å²) in [6, 6.07) is -0.815. The van der Waals surface area contributed by atoms with Gasteiger partial charge in [0, 0.05) is 6.42 Å². The molecule has 0 aromatic heterocycles. The molecule has 1 heterocycles. The van der Waals surface area contributed by atoms with E-state index in [1.54, 1.807) is 6.08 Å². The number of hydrogen-bond donors (Lipinski definition) is 6. The van der Waals surface area contributed by atoms with Crippen LogP contribution in [0.3, 0.4) is 0 Å². The molecule has 60 heavy (non-hydrogen) atoms. The number of carbonyl (C=O) groups excluding carboxylic acids is 1. The average Bonchev–Trinajstić information content (AvgIpc) is 3.25. The molecule has 0 aromatic carbocycles. The summed E-state index contributed by atoms with van der Waals surface area (Å²) in [4.78, 5) is 13.0. The summed E-state index contributed by atoms with van der Waals surface area (Å²) in [6.07, 6.45) is 46.9. The molecule has 0 bridgehead atoms. The van der Waals surface area contributed by atoms with Crippen molar-refractivity contribution in [2.24, 2.45) is 0 Å². The lowest BCUT2D eigenvalue weighted by Gasteiger charge is -2.40. The Bertz CT molecular complexity index is 1120. The van der Waals surface area contributed by atoms with Gasteiger partial charge in [-0.05, 0) is 57.8 Å². The van der Waals surface area contributed by atoms with Gasteiger partial charge in [0.05, 0.1) is 25.4 Å². The number of allylic oxidation sites excluding steroid dienone is 9. The maximum Gasteiger partial charge on any atom is 0.220 e. The molecule has 7 unspecified atom stereocenters. The van der Waals surface area contributed by atoms with Crippen molar-refractivity contribution in [3.63, 3.8) is 0 Å². The predicted molar refractivity (Wildman–Crippen MR) is 249 cm³/mol. The first-order valence-corrected chi connectivity index (χ1v) is 24.5. The second-order valence-corrected chi connectivity index (χ2v) is 16.9. The molecule has 0 radical (unpaired) electrons. The van der Waals surface area contributed by atoms with Gasteiger partial charge in [0.15, 0.2) is 6.29 Å². The summed E-state index contributed by atoms with van der Waals surface area (Å²) in [5, 5.41) is 54.3. The maximum atomic E-state index is 13.0.